The molecule has 2 heterocycles. The monoisotopic (exact) mass is 609 g/mol. The molecule has 0 saturated heterocycles. The number of halogens is 9. The van der Waals surface area contributed by atoms with Gasteiger partial charge in [-0.05, 0) is 36.2 Å². The molecule has 0 spiro atoms. The Bertz CT molecular complexity index is 1530. The van der Waals surface area contributed by atoms with Gasteiger partial charge in [-0.1, -0.05) is 46.6 Å². The van der Waals surface area contributed by atoms with Crippen LogP contribution in [0.2, 0.25) is 10.0 Å². The quantitative estimate of drug-likeness (QED) is 0.184. The highest BCUT2D eigenvalue weighted by molar-refractivity contribution is 6.42. The Hall–Kier alpha value is -3.65. The van der Waals surface area contributed by atoms with Crippen LogP contribution in [0, 0.1) is 12.7 Å². The van der Waals surface area contributed by atoms with Gasteiger partial charge in [-0.2, -0.15) is 31.3 Å². The van der Waals surface area contributed by atoms with Crippen LogP contribution < -0.4 is 5.32 Å². The predicted octanol–water partition coefficient (Wildman–Crippen LogP) is 7.07. The Kier molecular flexibility index (Phi) is 7.62. The summed E-state index contributed by atoms with van der Waals surface area (Å²) < 4.78 is 96.7. The number of nitrogens with zero attached hydrogens (tertiary/aromatic N) is 4. The Morgan fingerprint density at radius 2 is 1.88 bits per heavy atom. The third-order valence-electron chi connectivity index (χ3n) is 5.91. The number of oxime groups is 1. The lowest BCUT2D eigenvalue weighted by Gasteiger charge is -2.30. The highest BCUT2D eigenvalue weighted by Gasteiger charge is 2.63. The zero-order valence-corrected chi connectivity index (χ0v) is 21.6. The van der Waals surface area contributed by atoms with E-state index in [2.05, 4.69) is 27.1 Å². The maximum absolute atomic E-state index is 14.3. The number of benzene rings is 2. The molecular weight excluding hydrogens is 594 g/mol. The molecule has 1 unspecified atom stereocenters. The predicted molar refractivity (Wildman–Crippen MR) is 131 cm³/mol. The van der Waals surface area contributed by atoms with Crippen LogP contribution in [0.25, 0.3) is 0 Å². The molecule has 1 amide bonds. The lowest BCUT2D eigenvalue weighted by molar-refractivity contribution is -0.275. The minimum Gasteiger partial charge on any atom is -0.374 e. The number of hydrogen-bond donors (Lipinski definition) is 1. The van der Waals surface area contributed by atoms with Crippen molar-refractivity contribution >= 4 is 40.8 Å². The van der Waals surface area contributed by atoms with Crippen molar-refractivity contribution in [3.05, 3.63) is 86.9 Å². The van der Waals surface area contributed by atoms with E-state index in [9.17, 15) is 35.5 Å². The topological polar surface area (TPSA) is 81.4 Å². The number of alkyl halides is 6. The standard InChI is InChI=1S/C24H16Cl2F7N5O2/c1-3-8-38-20(23(28,29)30)35-21(36-38)34-19(39)13-5-4-12(9-11(13)2)16-10-22(40-37-16,24(31,32)33)14-6-7-15(27)18(26)17(14)25/h3-7,9H,1,8,10H2,2H3,(H,34,36,39). The van der Waals surface area contributed by atoms with Gasteiger partial charge in [0.05, 0.1) is 28.7 Å². The minimum absolute atomic E-state index is 0.0210. The number of carbonyl (C=O) groups is 1. The fourth-order valence-corrected chi connectivity index (χ4v) is 4.47. The molecule has 1 aliphatic heterocycles. The first-order valence-electron chi connectivity index (χ1n) is 11.1. The number of amides is 1. The van der Waals surface area contributed by atoms with Crippen LogP contribution in [-0.4, -0.2) is 32.6 Å². The summed E-state index contributed by atoms with van der Waals surface area (Å²) in [4.78, 5) is 21.0. The second-order valence-electron chi connectivity index (χ2n) is 8.57. The SMILES string of the molecule is C=CCn1nc(NC(=O)c2ccc(C3=NOC(c4ccc(F)c(Cl)c4Cl)(C(F)(F)F)C3)cc2C)nc1C(F)(F)F. The summed E-state index contributed by atoms with van der Waals surface area (Å²) in [6.45, 7) is 4.49. The first kappa shape index (κ1) is 29.3. The largest absolute Gasteiger partial charge is 0.451 e. The van der Waals surface area contributed by atoms with Crippen molar-refractivity contribution in [2.75, 3.05) is 5.32 Å². The van der Waals surface area contributed by atoms with Crippen molar-refractivity contribution < 1.29 is 40.4 Å². The number of allylic oxidation sites excluding steroid dienone is 1. The maximum atomic E-state index is 14.3. The molecule has 212 valence electrons. The third kappa shape index (κ3) is 5.24. The van der Waals surface area contributed by atoms with Crippen molar-refractivity contribution in [2.24, 2.45) is 5.16 Å². The van der Waals surface area contributed by atoms with E-state index in [1.165, 1.54) is 31.2 Å². The number of aromatic nitrogens is 3. The van der Waals surface area contributed by atoms with Crippen molar-refractivity contribution in [3.63, 3.8) is 0 Å². The normalized spacial score (nSPS) is 17.4. The molecule has 16 heteroatoms. The van der Waals surface area contributed by atoms with E-state index in [1.54, 1.807) is 0 Å². The van der Waals surface area contributed by atoms with E-state index in [1.807, 2.05) is 0 Å². The minimum atomic E-state index is -5.05. The van der Waals surface area contributed by atoms with Crippen molar-refractivity contribution in [1.29, 1.82) is 0 Å². The number of carbonyl (C=O) groups excluding carboxylic acids is 1. The van der Waals surface area contributed by atoms with E-state index in [0.29, 0.717) is 4.68 Å². The summed E-state index contributed by atoms with van der Waals surface area (Å²) in [5.41, 5.74) is -3.49. The van der Waals surface area contributed by atoms with Gasteiger partial charge in [0.15, 0.2) is 0 Å². The average Bonchev–Trinajstić information content (AvgIpc) is 3.48. The van der Waals surface area contributed by atoms with Crippen LogP contribution in [0.3, 0.4) is 0 Å². The third-order valence-corrected chi connectivity index (χ3v) is 6.77. The molecule has 1 aliphatic rings. The van der Waals surface area contributed by atoms with Crippen molar-refractivity contribution in [2.45, 2.75) is 37.8 Å². The summed E-state index contributed by atoms with van der Waals surface area (Å²) in [6, 6.07) is 5.39. The molecule has 1 N–H and O–H groups in total. The summed E-state index contributed by atoms with van der Waals surface area (Å²) in [5, 5.41) is 8.00. The van der Waals surface area contributed by atoms with Crippen molar-refractivity contribution in [3.8, 4) is 0 Å². The fraction of sp³-hybridized carbons (Fsp3) is 0.250. The molecule has 1 aromatic heterocycles. The Labute approximate surface area is 231 Å². The lowest BCUT2D eigenvalue weighted by Crippen LogP contribution is -2.43. The Balaban J connectivity index is 1.60. The highest BCUT2D eigenvalue weighted by Crippen LogP contribution is 2.52. The van der Waals surface area contributed by atoms with Crippen molar-refractivity contribution in [1.82, 2.24) is 14.8 Å². The van der Waals surface area contributed by atoms with Gasteiger partial charge in [0.1, 0.15) is 5.82 Å². The molecular formula is C24H16Cl2F7N5O2. The smallest absolute Gasteiger partial charge is 0.374 e. The Morgan fingerprint density at radius 3 is 2.48 bits per heavy atom. The summed E-state index contributed by atoms with van der Waals surface area (Å²) in [5.74, 6) is -3.84. The molecule has 0 saturated carbocycles. The molecule has 40 heavy (non-hydrogen) atoms. The van der Waals surface area contributed by atoms with Gasteiger partial charge in [-0.3, -0.25) is 10.1 Å². The van der Waals surface area contributed by atoms with Gasteiger partial charge < -0.3 is 4.84 Å². The van der Waals surface area contributed by atoms with Crippen LogP contribution >= 0.6 is 23.2 Å². The zero-order chi connectivity index (χ0) is 29.6. The molecule has 4 rings (SSSR count). The number of hydrogen-bond acceptors (Lipinski definition) is 5. The molecule has 1 atom stereocenters. The van der Waals surface area contributed by atoms with Gasteiger partial charge in [0.2, 0.25) is 11.8 Å². The van der Waals surface area contributed by atoms with E-state index in [4.69, 9.17) is 28.0 Å². The first-order chi connectivity index (χ1) is 18.6. The zero-order valence-electron chi connectivity index (χ0n) is 20.1. The second kappa shape index (κ2) is 10.4. The highest BCUT2D eigenvalue weighted by atomic mass is 35.5. The van der Waals surface area contributed by atoms with E-state index < -0.39 is 63.5 Å². The number of anilines is 1. The molecule has 3 aromatic rings. The van der Waals surface area contributed by atoms with E-state index >= 15 is 0 Å². The van der Waals surface area contributed by atoms with Crippen LogP contribution in [0.4, 0.5) is 36.7 Å². The number of rotatable bonds is 6. The fourth-order valence-electron chi connectivity index (χ4n) is 4.00. The van der Waals surface area contributed by atoms with Crippen LogP contribution in [-0.2, 0) is 23.2 Å². The molecule has 0 bridgehead atoms. The van der Waals surface area contributed by atoms with Gasteiger partial charge in [0.25, 0.3) is 11.5 Å². The number of aryl methyl sites for hydroxylation is 1. The van der Waals surface area contributed by atoms with Crippen LogP contribution in [0.15, 0.2) is 48.1 Å². The average molecular weight is 610 g/mol. The van der Waals surface area contributed by atoms with Gasteiger partial charge in [-0.25, -0.2) is 9.07 Å². The van der Waals surface area contributed by atoms with Gasteiger partial charge in [-0.15, -0.1) is 11.7 Å². The summed E-state index contributed by atoms with van der Waals surface area (Å²) in [6.07, 6.45) is -9.57. The van der Waals surface area contributed by atoms with Gasteiger partial charge >= 0.3 is 12.4 Å². The lowest BCUT2D eigenvalue weighted by atomic mass is 9.86. The summed E-state index contributed by atoms with van der Waals surface area (Å²) in [7, 11) is 0. The number of nitrogens with one attached hydrogen (secondary N) is 1. The summed E-state index contributed by atoms with van der Waals surface area (Å²) >= 11 is 11.7. The molecule has 7 nitrogen and oxygen atoms in total. The Morgan fingerprint density at radius 1 is 1.18 bits per heavy atom. The van der Waals surface area contributed by atoms with Crippen LogP contribution in [0.1, 0.15) is 39.3 Å². The first-order valence-corrected chi connectivity index (χ1v) is 11.9. The molecule has 0 radical (unpaired) electrons. The van der Waals surface area contributed by atoms with Gasteiger partial charge in [0, 0.05) is 11.1 Å². The van der Waals surface area contributed by atoms with Crippen LogP contribution in [0.5, 0.6) is 0 Å². The molecule has 0 aliphatic carbocycles. The van der Waals surface area contributed by atoms with E-state index in [0.717, 1.165) is 12.1 Å². The molecule has 0 fully saturated rings. The molecule has 2 aromatic carbocycles. The maximum Gasteiger partial charge on any atom is 0.451 e. The second-order valence-corrected chi connectivity index (χ2v) is 9.32. The van der Waals surface area contributed by atoms with E-state index in [-0.39, 0.29) is 28.9 Å².